The number of thiazole rings is 1. The van der Waals surface area contributed by atoms with Crippen molar-refractivity contribution in [1.82, 2.24) is 15.3 Å². The molecule has 18 heavy (non-hydrogen) atoms. The molecule has 0 aliphatic rings. The number of aromatic amines is 1. The highest BCUT2D eigenvalue weighted by Crippen LogP contribution is 2.20. The van der Waals surface area contributed by atoms with Crippen molar-refractivity contribution >= 4 is 22.9 Å². The van der Waals surface area contributed by atoms with Gasteiger partial charge in [-0.1, -0.05) is 6.92 Å². The minimum absolute atomic E-state index is 0.104. The third-order valence-electron chi connectivity index (χ3n) is 2.59. The van der Waals surface area contributed by atoms with E-state index in [1.54, 1.807) is 23.6 Å². The molecule has 2 aromatic heterocycles. The van der Waals surface area contributed by atoms with Crippen LogP contribution in [0.4, 0.5) is 5.69 Å². The van der Waals surface area contributed by atoms with Gasteiger partial charge in [0.15, 0.2) is 0 Å². The first kappa shape index (κ1) is 12.6. The van der Waals surface area contributed by atoms with Gasteiger partial charge in [0.2, 0.25) is 0 Å². The van der Waals surface area contributed by atoms with Gasteiger partial charge < -0.3 is 16.0 Å². The van der Waals surface area contributed by atoms with Gasteiger partial charge in [0.1, 0.15) is 10.7 Å². The molecule has 0 radical (unpaired) electrons. The Balaban J connectivity index is 2.02. The van der Waals surface area contributed by atoms with Crippen molar-refractivity contribution < 1.29 is 4.79 Å². The van der Waals surface area contributed by atoms with E-state index in [1.807, 2.05) is 13.1 Å². The summed E-state index contributed by atoms with van der Waals surface area (Å²) in [6.07, 6.45) is 4.42. The van der Waals surface area contributed by atoms with Crippen molar-refractivity contribution in [1.29, 1.82) is 0 Å². The normalized spacial score (nSPS) is 12.3. The van der Waals surface area contributed by atoms with Crippen molar-refractivity contribution in [2.24, 2.45) is 0 Å². The number of anilines is 1. The van der Waals surface area contributed by atoms with E-state index in [1.165, 1.54) is 4.88 Å². The average Bonchev–Trinajstić information content (AvgIpc) is 2.97. The molecule has 1 unspecified atom stereocenters. The minimum atomic E-state index is -0.174. The molecule has 0 saturated carbocycles. The number of hydrogen-bond acceptors (Lipinski definition) is 4. The van der Waals surface area contributed by atoms with Crippen LogP contribution in [0.15, 0.2) is 18.5 Å². The van der Waals surface area contributed by atoms with Crippen molar-refractivity contribution in [3.8, 4) is 0 Å². The number of nitrogens with one attached hydrogen (secondary N) is 2. The molecule has 2 aromatic rings. The van der Waals surface area contributed by atoms with Crippen LogP contribution in [0.3, 0.4) is 0 Å². The number of H-pyrrole nitrogens is 1. The third-order valence-corrected chi connectivity index (χ3v) is 3.91. The van der Waals surface area contributed by atoms with Crippen LogP contribution in [-0.4, -0.2) is 15.9 Å². The highest BCUT2D eigenvalue weighted by Gasteiger charge is 2.15. The van der Waals surface area contributed by atoms with E-state index in [4.69, 9.17) is 5.73 Å². The quantitative estimate of drug-likeness (QED) is 0.790. The molecule has 0 saturated heterocycles. The zero-order valence-corrected chi connectivity index (χ0v) is 11.2. The predicted octanol–water partition coefficient (Wildman–Crippen LogP) is 2.11. The van der Waals surface area contributed by atoms with E-state index in [-0.39, 0.29) is 11.9 Å². The predicted molar refractivity (Wildman–Crippen MR) is 72.6 cm³/mol. The second-order valence-electron chi connectivity index (χ2n) is 4.06. The SMILES string of the molecule is CCc1cnc(C(C)NC(=O)c2cc(N)c[nH]2)s1. The first-order valence-corrected chi connectivity index (χ1v) is 6.61. The minimum Gasteiger partial charge on any atom is -0.397 e. The lowest BCUT2D eigenvalue weighted by molar-refractivity contribution is 0.0935. The molecule has 6 heteroatoms. The maximum Gasteiger partial charge on any atom is 0.268 e. The van der Waals surface area contributed by atoms with Crippen molar-refractivity contribution in [2.75, 3.05) is 5.73 Å². The second kappa shape index (κ2) is 5.22. The number of nitrogens with two attached hydrogens (primary N) is 1. The van der Waals surface area contributed by atoms with Crippen molar-refractivity contribution in [3.63, 3.8) is 0 Å². The lowest BCUT2D eigenvalue weighted by atomic mass is 10.3. The van der Waals surface area contributed by atoms with Crippen LogP contribution in [0.2, 0.25) is 0 Å². The molecule has 0 spiro atoms. The van der Waals surface area contributed by atoms with Crippen LogP contribution in [0.25, 0.3) is 0 Å². The van der Waals surface area contributed by atoms with Crippen LogP contribution in [0, 0.1) is 0 Å². The maximum atomic E-state index is 11.9. The first-order chi connectivity index (χ1) is 8.60. The van der Waals surface area contributed by atoms with Gasteiger partial charge in [0, 0.05) is 23.0 Å². The molecule has 0 aromatic carbocycles. The van der Waals surface area contributed by atoms with E-state index in [2.05, 4.69) is 22.2 Å². The summed E-state index contributed by atoms with van der Waals surface area (Å²) >= 11 is 1.62. The van der Waals surface area contributed by atoms with Crippen LogP contribution in [-0.2, 0) is 6.42 Å². The summed E-state index contributed by atoms with van der Waals surface area (Å²) in [5.41, 5.74) is 6.57. The summed E-state index contributed by atoms with van der Waals surface area (Å²) in [5, 5.41) is 3.80. The Morgan fingerprint density at radius 3 is 3.00 bits per heavy atom. The fraction of sp³-hybridized carbons (Fsp3) is 0.333. The fourth-order valence-corrected chi connectivity index (χ4v) is 2.42. The number of rotatable bonds is 4. The van der Waals surface area contributed by atoms with Crippen LogP contribution < -0.4 is 11.1 Å². The monoisotopic (exact) mass is 264 g/mol. The van der Waals surface area contributed by atoms with Gasteiger partial charge >= 0.3 is 0 Å². The molecule has 0 fully saturated rings. The Morgan fingerprint density at radius 1 is 1.67 bits per heavy atom. The molecule has 96 valence electrons. The number of hydrogen-bond donors (Lipinski definition) is 3. The van der Waals surface area contributed by atoms with E-state index in [9.17, 15) is 4.79 Å². The highest BCUT2D eigenvalue weighted by atomic mass is 32.1. The van der Waals surface area contributed by atoms with Gasteiger partial charge in [-0.15, -0.1) is 11.3 Å². The molecule has 4 N–H and O–H groups in total. The zero-order chi connectivity index (χ0) is 13.1. The summed E-state index contributed by atoms with van der Waals surface area (Å²) < 4.78 is 0. The van der Waals surface area contributed by atoms with Gasteiger partial charge in [0.25, 0.3) is 5.91 Å². The molecule has 0 bridgehead atoms. The van der Waals surface area contributed by atoms with Crippen LogP contribution in [0.1, 0.15) is 40.3 Å². The topological polar surface area (TPSA) is 83.8 Å². The standard InChI is InChI=1S/C12H16N4OS/c1-3-9-6-15-12(18-9)7(2)16-11(17)10-4-8(13)5-14-10/h4-7,14H,3,13H2,1-2H3,(H,16,17). The van der Waals surface area contributed by atoms with E-state index >= 15 is 0 Å². The largest absolute Gasteiger partial charge is 0.397 e. The van der Waals surface area contributed by atoms with Crippen LogP contribution in [0.5, 0.6) is 0 Å². The molecular formula is C12H16N4OS. The highest BCUT2D eigenvalue weighted by molar-refractivity contribution is 7.11. The Bertz CT molecular complexity index is 546. The number of nitrogen functional groups attached to an aromatic ring is 1. The van der Waals surface area contributed by atoms with E-state index in [0.29, 0.717) is 11.4 Å². The van der Waals surface area contributed by atoms with Crippen molar-refractivity contribution in [2.45, 2.75) is 26.3 Å². The summed E-state index contributed by atoms with van der Waals surface area (Å²) in [6, 6.07) is 1.51. The summed E-state index contributed by atoms with van der Waals surface area (Å²) in [5.74, 6) is -0.174. The summed E-state index contributed by atoms with van der Waals surface area (Å²) in [4.78, 5) is 20.2. The maximum absolute atomic E-state index is 11.9. The molecule has 2 heterocycles. The van der Waals surface area contributed by atoms with Gasteiger partial charge in [0.05, 0.1) is 6.04 Å². The molecule has 5 nitrogen and oxygen atoms in total. The fourth-order valence-electron chi connectivity index (χ4n) is 1.56. The summed E-state index contributed by atoms with van der Waals surface area (Å²) in [6.45, 7) is 4.00. The molecule has 0 aliphatic heterocycles. The zero-order valence-electron chi connectivity index (χ0n) is 10.4. The Morgan fingerprint density at radius 2 is 2.44 bits per heavy atom. The number of aryl methyl sites for hydroxylation is 1. The van der Waals surface area contributed by atoms with Gasteiger partial charge in [-0.2, -0.15) is 0 Å². The Hall–Kier alpha value is -1.82. The smallest absolute Gasteiger partial charge is 0.268 e. The van der Waals surface area contributed by atoms with E-state index < -0.39 is 0 Å². The molecule has 0 aliphatic carbocycles. The summed E-state index contributed by atoms with van der Waals surface area (Å²) in [7, 11) is 0. The van der Waals surface area contributed by atoms with Crippen LogP contribution >= 0.6 is 11.3 Å². The second-order valence-corrected chi connectivity index (χ2v) is 5.21. The van der Waals surface area contributed by atoms with Gasteiger partial charge in [-0.25, -0.2) is 4.98 Å². The van der Waals surface area contributed by atoms with Gasteiger partial charge in [-0.05, 0) is 19.4 Å². The number of carbonyl (C=O) groups excluding carboxylic acids is 1. The lowest BCUT2D eigenvalue weighted by Gasteiger charge is -2.09. The number of carbonyl (C=O) groups is 1. The van der Waals surface area contributed by atoms with E-state index in [0.717, 1.165) is 11.4 Å². The molecule has 1 atom stereocenters. The molecule has 1 amide bonds. The third kappa shape index (κ3) is 2.70. The van der Waals surface area contributed by atoms with Gasteiger partial charge in [-0.3, -0.25) is 4.79 Å². The van der Waals surface area contributed by atoms with Crippen molar-refractivity contribution in [3.05, 3.63) is 34.0 Å². The Kier molecular flexibility index (Phi) is 3.66. The number of nitrogens with zero attached hydrogens (tertiary/aromatic N) is 1. The lowest BCUT2D eigenvalue weighted by Crippen LogP contribution is -2.26. The number of aromatic nitrogens is 2. The first-order valence-electron chi connectivity index (χ1n) is 5.79. The molecule has 2 rings (SSSR count). The average molecular weight is 264 g/mol. The Labute approximate surface area is 109 Å². The molecular weight excluding hydrogens is 248 g/mol. The number of amides is 1.